The molecular formula is C20H24N2O4S. The minimum Gasteiger partial charge on any atom is -0.376 e. The van der Waals surface area contributed by atoms with Gasteiger partial charge in [0.2, 0.25) is 0 Å². The minimum atomic E-state index is -3.76. The SMILES string of the molecule is CCN(c1ccccc1)S(=O)(=O)c1cccc(C(=O)NCC2CCCO2)c1. The molecule has 144 valence electrons. The minimum absolute atomic E-state index is 0.0366. The molecule has 1 heterocycles. The summed E-state index contributed by atoms with van der Waals surface area (Å²) in [4.78, 5) is 12.5. The Balaban J connectivity index is 1.79. The molecule has 0 spiro atoms. The van der Waals surface area contributed by atoms with E-state index in [2.05, 4.69) is 5.32 Å². The summed E-state index contributed by atoms with van der Waals surface area (Å²) in [7, 11) is -3.76. The lowest BCUT2D eigenvalue weighted by atomic mass is 10.2. The van der Waals surface area contributed by atoms with Crippen molar-refractivity contribution in [3.8, 4) is 0 Å². The topological polar surface area (TPSA) is 75.7 Å². The van der Waals surface area contributed by atoms with E-state index in [9.17, 15) is 13.2 Å². The van der Waals surface area contributed by atoms with Gasteiger partial charge in [-0.2, -0.15) is 0 Å². The average molecular weight is 388 g/mol. The molecule has 0 aromatic heterocycles. The number of nitrogens with one attached hydrogen (secondary N) is 1. The monoisotopic (exact) mass is 388 g/mol. The van der Waals surface area contributed by atoms with Gasteiger partial charge in [-0.15, -0.1) is 0 Å². The maximum absolute atomic E-state index is 13.1. The summed E-state index contributed by atoms with van der Waals surface area (Å²) in [5.74, 6) is -0.301. The van der Waals surface area contributed by atoms with Gasteiger partial charge in [0.15, 0.2) is 0 Å². The Morgan fingerprint density at radius 2 is 1.96 bits per heavy atom. The Bertz CT molecular complexity index is 878. The van der Waals surface area contributed by atoms with Crippen LogP contribution in [0.15, 0.2) is 59.5 Å². The van der Waals surface area contributed by atoms with E-state index >= 15 is 0 Å². The number of hydrogen-bond donors (Lipinski definition) is 1. The van der Waals surface area contributed by atoms with Crippen molar-refractivity contribution in [3.05, 3.63) is 60.2 Å². The van der Waals surface area contributed by atoms with E-state index in [0.717, 1.165) is 19.4 Å². The van der Waals surface area contributed by atoms with Crippen LogP contribution >= 0.6 is 0 Å². The van der Waals surface area contributed by atoms with Crippen molar-refractivity contribution in [2.45, 2.75) is 30.8 Å². The molecule has 0 radical (unpaired) electrons. The number of rotatable bonds is 7. The summed E-state index contributed by atoms with van der Waals surface area (Å²) in [6, 6.07) is 15.1. The first kappa shape index (κ1) is 19.4. The molecule has 1 aliphatic heterocycles. The molecule has 2 aromatic carbocycles. The Morgan fingerprint density at radius 1 is 1.19 bits per heavy atom. The van der Waals surface area contributed by atoms with Crippen molar-refractivity contribution in [2.75, 3.05) is 24.0 Å². The molecule has 6 nitrogen and oxygen atoms in total. The van der Waals surface area contributed by atoms with Gasteiger partial charge in [0.05, 0.1) is 16.7 Å². The highest BCUT2D eigenvalue weighted by atomic mass is 32.2. The van der Waals surface area contributed by atoms with Gasteiger partial charge in [-0.1, -0.05) is 24.3 Å². The molecule has 7 heteroatoms. The van der Waals surface area contributed by atoms with E-state index in [1.807, 2.05) is 6.07 Å². The third-order valence-corrected chi connectivity index (χ3v) is 6.43. The molecule has 1 aliphatic rings. The fourth-order valence-corrected chi connectivity index (χ4v) is 4.64. The Hall–Kier alpha value is -2.38. The normalized spacial score (nSPS) is 16.9. The first-order valence-electron chi connectivity index (χ1n) is 9.10. The molecule has 1 atom stereocenters. The van der Waals surface area contributed by atoms with Gasteiger partial charge in [-0.3, -0.25) is 9.10 Å². The summed E-state index contributed by atoms with van der Waals surface area (Å²) in [5.41, 5.74) is 0.909. The maximum Gasteiger partial charge on any atom is 0.264 e. The second-order valence-electron chi connectivity index (χ2n) is 6.38. The number of sulfonamides is 1. The quantitative estimate of drug-likeness (QED) is 0.791. The summed E-state index contributed by atoms with van der Waals surface area (Å²) >= 11 is 0. The van der Waals surface area contributed by atoms with Crippen molar-refractivity contribution >= 4 is 21.6 Å². The molecule has 1 fully saturated rings. The highest BCUT2D eigenvalue weighted by Crippen LogP contribution is 2.23. The third-order valence-electron chi connectivity index (χ3n) is 4.53. The third kappa shape index (κ3) is 4.48. The second-order valence-corrected chi connectivity index (χ2v) is 8.24. The number of nitrogens with zero attached hydrogens (tertiary/aromatic N) is 1. The van der Waals surface area contributed by atoms with Gasteiger partial charge in [-0.05, 0) is 50.1 Å². The smallest absolute Gasteiger partial charge is 0.264 e. The Labute approximate surface area is 160 Å². The van der Waals surface area contributed by atoms with Crippen LogP contribution in [0.2, 0.25) is 0 Å². The molecule has 2 aromatic rings. The van der Waals surface area contributed by atoms with Crippen molar-refractivity contribution in [2.24, 2.45) is 0 Å². The van der Waals surface area contributed by atoms with E-state index < -0.39 is 10.0 Å². The average Bonchev–Trinajstić information content (AvgIpc) is 3.21. The van der Waals surface area contributed by atoms with Crippen LogP contribution in [0.25, 0.3) is 0 Å². The van der Waals surface area contributed by atoms with E-state index in [0.29, 0.717) is 24.3 Å². The number of anilines is 1. The molecule has 0 aliphatic carbocycles. The number of hydrogen-bond acceptors (Lipinski definition) is 4. The van der Waals surface area contributed by atoms with Gasteiger partial charge in [0.25, 0.3) is 15.9 Å². The maximum atomic E-state index is 13.1. The summed E-state index contributed by atoms with van der Waals surface area (Å²) in [6.07, 6.45) is 1.97. The number of amides is 1. The largest absolute Gasteiger partial charge is 0.376 e. The van der Waals surface area contributed by atoms with Crippen LogP contribution in [0, 0.1) is 0 Å². The lowest BCUT2D eigenvalue weighted by Crippen LogP contribution is -2.33. The first-order chi connectivity index (χ1) is 13.0. The Morgan fingerprint density at radius 3 is 2.63 bits per heavy atom. The number of para-hydroxylation sites is 1. The van der Waals surface area contributed by atoms with Gasteiger partial charge < -0.3 is 10.1 Å². The number of benzene rings is 2. The van der Waals surface area contributed by atoms with Gasteiger partial charge in [0.1, 0.15) is 0 Å². The van der Waals surface area contributed by atoms with Crippen LogP contribution in [0.3, 0.4) is 0 Å². The summed E-state index contributed by atoms with van der Waals surface area (Å²) in [5, 5.41) is 2.82. The molecule has 0 bridgehead atoms. The molecule has 0 saturated carbocycles. The zero-order chi connectivity index (χ0) is 19.3. The van der Waals surface area contributed by atoms with Crippen LogP contribution in [-0.2, 0) is 14.8 Å². The van der Waals surface area contributed by atoms with E-state index in [-0.39, 0.29) is 16.9 Å². The molecule has 1 N–H and O–H groups in total. The predicted octanol–water partition coefficient (Wildman–Crippen LogP) is 2.81. The van der Waals surface area contributed by atoms with Crippen LogP contribution in [-0.4, -0.2) is 40.1 Å². The Kier molecular flexibility index (Phi) is 6.13. The lowest BCUT2D eigenvalue weighted by molar-refractivity contribution is 0.0857. The fourth-order valence-electron chi connectivity index (χ4n) is 3.12. The van der Waals surface area contributed by atoms with E-state index in [4.69, 9.17) is 4.74 Å². The number of ether oxygens (including phenoxy) is 1. The standard InChI is InChI=1S/C20H24N2O4S/c1-2-22(17-9-4-3-5-10-17)27(24,25)19-12-6-8-16(14-19)20(23)21-15-18-11-7-13-26-18/h3-6,8-10,12,14,18H,2,7,11,13,15H2,1H3,(H,21,23). The summed E-state index contributed by atoms with van der Waals surface area (Å²) < 4.78 is 33.0. The zero-order valence-corrected chi connectivity index (χ0v) is 16.1. The predicted molar refractivity (Wildman–Crippen MR) is 104 cm³/mol. The second kappa shape index (κ2) is 8.54. The van der Waals surface area contributed by atoms with Crippen LogP contribution in [0.1, 0.15) is 30.1 Å². The van der Waals surface area contributed by atoms with Crippen molar-refractivity contribution in [3.63, 3.8) is 0 Å². The fraction of sp³-hybridized carbons (Fsp3) is 0.350. The van der Waals surface area contributed by atoms with Crippen molar-refractivity contribution < 1.29 is 17.9 Å². The molecule has 1 saturated heterocycles. The molecule has 1 amide bonds. The molecular weight excluding hydrogens is 364 g/mol. The van der Waals surface area contributed by atoms with Crippen LogP contribution in [0.5, 0.6) is 0 Å². The highest BCUT2D eigenvalue weighted by Gasteiger charge is 2.24. The van der Waals surface area contributed by atoms with Crippen molar-refractivity contribution in [1.82, 2.24) is 5.32 Å². The number of carbonyl (C=O) groups excluding carboxylic acids is 1. The molecule has 27 heavy (non-hydrogen) atoms. The molecule has 3 rings (SSSR count). The van der Waals surface area contributed by atoms with E-state index in [1.165, 1.54) is 16.4 Å². The van der Waals surface area contributed by atoms with Crippen LogP contribution < -0.4 is 9.62 Å². The van der Waals surface area contributed by atoms with Gasteiger partial charge in [-0.25, -0.2) is 8.42 Å². The summed E-state index contributed by atoms with van der Waals surface area (Å²) in [6.45, 7) is 3.23. The van der Waals surface area contributed by atoms with E-state index in [1.54, 1.807) is 43.3 Å². The van der Waals surface area contributed by atoms with Gasteiger partial charge in [0, 0.05) is 25.3 Å². The van der Waals surface area contributed by atoms with Gasteiger partial charge >= 0.3 is 0 Å². The molecule has 1 unspecified atom stereocenters. The number of carbonyl (C=O) groups is 1. The lowest BCUT2D eigenvalue weighted by Gasteiger charge is -2.23. The first-order valence-corrected chi connectivity index (χ1v) is 10.5. The van der Waals surface area contributed by atoms with Crippen molar-refractivity contribution in [1.29, 1.82) is 0 Å². The zero-order valence-electron chi connectivity index (χ0n) is 15.3. The van der Waals surface area contributed by atoms with Crippen LogP contribution in [0.4, 0.5) is 5.69 Å². The highest BCUT2D eigenvalue weighted by molar-refractivity contribution is 7.92.